The van der Waals surface area contributed by atoms with Gasteiger partial charge in [0, 0.05) is 49.2 Å². The molecule has 25 heavy (non-hydrogen) atoms. The Kier molecular flexibility index (Phi) is 4.53. The smallest absolute Gasteiger partial charge is 0.137 e. The highest BCUT2D eigenvalue weighted by molar-refractivity contribution is 5.92. The van der Waals surface area contributed by atoms with Crippen molar-refractivity contribution < 1.29 is 0 Å². The normalized spacial score (nSPS) is 11.0. The third-order valence-electron chi connectivity index (χ3n) is 4.34. The Morgan fingerprint density at radius 3 is 2.64 bits per heavy atom. The van der Waals surface area contributed by atoms with Crippen molar-refractivity contribution in [2.45, 2.75) is 13.0 Å². The molecule has 4 nitrogen and oxygen atoms in total. The van der Waals surface area contributed by atoms with Crippen LogP contribution < -0.4 is 5.32 Å². The number of H-pyrrole nitrogens is 1. The molecule has 0 atom stereocenters. The van der Waals surface area contributed by atoms with Crippen LogP contribution in [0.1, 0.15) is 11.3 Å². The van der Waals surface area contributed by atoms with E-state index in [-0.39, 0.29) is 0 Å². The highest BCUT2D eigenvalue weighted by atomic mass is 14.9. The fourth-order valence-corrected chi connectivity index (χ4v) is 3.01. The zero-order chi connectivity index (χ0) is 16.9. The number of rotatable bonds is 6. The number of fused-ring (bicyclic) bond motifs is 1. The van der Waals surface area contributed by atoms with Gasteiger partial charge in [-0.1, -0.05) is 30.3 Å². The molecular weight excluding hydrogens is 308 g/mol. The van der Waals surface area contributed by atoms with Crippen LogP contribution in [0.3, 0.4) is 0 Å². The lowest BCUT2D eigenvalue weighted by Gasteiger charge is -2.07. The van der Waals surface area contributed by atoms with Gasteiger partial charge in [0.1, 0.15) is 5.65 Å². The Hall–Kier alpha value is -2.98. The van der Waals surface area contributed by atoms with Gasteiger partial charge in [0.25, 0.3) is 0 Å². The summed E-state index contributed by atoms with van der Waals surface area (Å²) in [5.41, 5.74) is 5.76. The molecule has 0 spiro atoms. The second-order valence-corrected chi connectivity index (χ2v) is 6.04. The van der Waals surface area contributed by atoms with Gasteiger partial charge in [-0.25, -0.2) is 4.98 Å². The molecule has 3 heterocycles. The minimum Gasteiger partial charge on any atom is -0.346 e. The van der Waals surface area contributed by atoms with Crippen LogP contribution in [0.4, 0.5) is 0 Å². The standard InChI is InChI=1S/C21H20N4/c1-2-11-23-18(3-1)8-12-22-15-16-4-6-17(7-5-16)19-9-13-24-21-20(19)10-14-25-21/h1-7,9-11,13-14,22H,8,12,15H2,(H,24,25). The van der Waals surface area contributed by atoms with Gasteiger partial charge in [0.15, 0.2) is 0 Å². The average molecular weight is 328 g/mol. The van der Waals surface area contributed by atoms with E-state index in [2.05, 4.69) is 62.7 Å². The predicted molar refractivity (Wildman–Crippen MR) is 101 cm³/mol. The molecule has 0 bridgehead atoms. The lowest BCUT2D eigenvalue weighted by Crippen LogP contribution is -2.17. The first-order valence-electron chi connectivity index (χ1n) is 8.52. The van der Waals surface area contributed by atoms with E-state index in [0.29, 0.717) is 0 Å². The molecule has 0 aliphatic rings. The van der Waals surface area contributed by atoms with Gasteiger partial charge >= 0.3 is 0 Å². The van der Waals surface area contributed by atoms with E-state index in [1.165, 1.54) is 16.7 Å². The van der Waals surface area contributed by atoms with E-state index < -0.39 is 0 Å². The van der Waals surface area contributed by atoms with Crippen molar-refractivity contribution in [2.75, 3.05) is 6.54 Å². The highest BCUT2D eigenvalue weighted by Gasteiger charge is 2.05. The van der Waals surface area contributed by atoms with Crippen LogP contribution in [-0.2, 0) is 13.0 Å². The number of nitrogens with zero attached hydrogens (tertiary/aromatic N) is 2. The maximum atomic E-state index is 4.35. The molecule has 0 unspecified atom stereocenters. The Morgan fingerprint density at radius 2 is 1.80 bits per heavy atom. The first-order valence-corrected chi connectivity index (χ1v) is 8.52. The van der Waals surface area contributed by atoms with Gasteiger partial charge in [-0.15, -0.1) is 0 Å². The second-order valence-electron chi connectivity index (χ2n) is 6.04. The first kappa shape index (κ1) is 15.5. The molecular formula is C21H20N4. The quantitative estimate of drug-likeness (QED) is 0.527. The van der Waals surface area contributed by atoms with E-state index in [0.717, 1.165) is 36.2 Å². The van der Waals surface area contributed by atoms with Gasteiger partial charge in [0.2, 0.25) is 0 Å². The van der Waals surface area contributed by atoms with Gasteiger partial charge < -0.3 is 10.3 Å². The molecule has 0 aliphatic carbocycles. The lowest BCUT2D eigenvalue weighted by molar-refractivity contribution is 0.680. The van der Waals surface area contributed by atoms with E-state index >= 15 is 0 Å². The first-order chi connectivity index (χ1) is 12.4. The third kappa shape index (κ3) is 3.59. The summed E-state index contributed by atoms with van der Waals surface area (Å²) in [6, 6.07) is 18.9. The molecule has 1 aromatic carbocycles. The maximum Gasteiger partial charge on any atom is 0.137 e. The molecule has 2 N–H and O–H groups in total. The van der Waals surface area contributed by atoms with Gasteiger partial charge in [0.05, 0.1) is 0 Å². The summed E-state index contributed by atoms with van der Waals surface area (Å²) < 4.78 is 0. The molecule has 124 valence electrons. The highest BCUT2D eigenvalue weighted by Crippen LogP contribution is 2.26. The Bertz CT molecular complexity index is 942. The number of hydrogen-bond acceptors (Lipinski definition) is 3. The summed E-state index contributed by atoms with van der Waals surface area (Å²) in [7, 11) is 0. The Balaban J connectivity index is 1.38. The van der Waals surface area contributed by atoms with Crippen molar-refractivity contribution >= 4 is 11.0 Å². The van der Waals surface area contributed by atoms with E-state index in [9.17, 15) is 0 Å². The largest absolute Gasteiger partial charge is 0.346 e. The SMILES string of the molecule is c1ccc(CCNCc2ccc(-c3ccnc4[nH]ccc34)cc2)nc1. The Labute approximate surface area is 147 Å². The predicted octanol–water partition coefficient (Wildman–Crippen LogP) is 3.96. The fraction of sp³-hybridized carbons (Fsp3) is 0.143. The summed E-state index contributed by atoms with van der Waals surface area (Å²) in [5, 5.41) is 4.64. The number of aromatic nitrogens is 3. The molecule has 0 amide bonds. The summed E-state index contributed by atoms with van der Waals surface area (Å²) in [6.45, 7) is 1.79. The minimum absolute atomic E-state index is 0.864. The third-order valence-corrected chi connectivity index (χ3v) is 4.34. The van der Waals surface area contributed by atoms with E-state index in [1.54, 1.807) is 0 Å². The van der Waals surface area contributed by atoms with Gasteiger partial charge in [-0.2, -0.15) is 0 Å². The van der Waals surface area contributed by atoms with Crippen LogP contribution in [0.15, 0.2) is 73.2 Å². The molecule has 4 rings (SSSR count). The van der Waals surface area contributed by atoms with Gasteiger partial charge in [-0.3, -0.25) is 4.98 Å². The van der Waals surface area contributed by atoms with E-state index in [1.807, 2.05) is 30.7 Å². The fourth-order valence-electron chi connectivity index (χ4n) is 3.01. The van der Waals surface area contributed by atoms with Crippen molar-refractivity contribution in [2.24, 2.45) is 0 Å². The Morgan fingerprint density at radius 1 is 0.880 bits per heavy atom. The van der Waals surface area contributed by atoms with Gasteiger partial charge in [-0.05, 0) is 41.0 Å². The van der Waals surface area contributed by atoms with Crippen LogP contribution >= 0.6 is 0 Å². The summed E-state index contributed by atoms with van der Waals surface area (Å²) in [5.74, 6) is 0. The molecule has 0 saturated heterocycles. The second kappa shape index (κ2) is 7.28. The maximum absolute atomic E-state index is 4.35. The molecule has 0 fully saturated rings. The number of aromatic amines is 1. The minimum atomic E-state index is 0.864. The van der Waals surface area contributed by atoms with Crippen molar-refractivity contribution in [3.8, 4) is 11.1 Å². The monoisotopic (exact) mass is 328 g/mol. The molecule has 3 aromatic heterocycles. The topological polar surface area (TPSA) is 53.6 Å². The van der Waals surface area contributed by atoms with Crippen LogP contribution in [0, 0.1) is 0 Å². The average Bonchev–Trinajstić information content (AvgIpc) is 3.15. The molecule has 4 heteroatoms. The molecule has 0 aliphatic heterocycles. The number of hydrogen-bond donors (Lipinski definition) is 2. The lowest BCUT2D eigenvalue weighted by atomic mass is 10.0. The van der Waals surface area contributed by atoms with Crippen molar-refractivity contribution in [3.05, 3.63) is 84.4 Å². The summed E-state index contributed by atoms with van der Waals surface area (Å²) in [6.07, 6.45) is 6.57. The number of pyridine rings is 2. The van der Waals surface area contributed by atoms with Crippen LogP contribution in [0.2, 0.25) is 0 Å². The zero-order valence-corrected chi connectivity index (χ0v) is 13.9. The summed E-state index contributed by atoms with van der Waals surface area (Å²) >= 11 is 0. The molecule has 0 radical (unpaired) electrons. The van der Waals surface area contributed by atoms with E-state index in [4.69, 9.17) is 0 Å². The van der Waals surface area contributed by atoms with Crippen LogP contribution in [-0.4, -0.2) is 21.5 Å². The van der Waals surface area contributed by atoms with Crippen LogP contribution in [0.5, 0.6) is 0 Å². The van der Waals surface area contributed by atoms with Crippen LogP contribution in [0.25, 0.3) is 22.2 Å². The molecule has 0 saturated carbocycles. The van der Waals surface area contributed by atoms with Crippen molar-refractivity contribution in [1.82, 2.24) is 20.3 Å². The summed E-state index contributed by atoms with van der Waals surface area (Å²) in [4.78, 5) is 11.9. The number of benzene rings is 1. The molecule has 4 aromatic rings. The number of nitrogens with one attached hydrogen (secondary N) is 2. The van der Waals surface area contributed by atoms with Crippen molar-refractivity contribution in [1.29, 1.82) is 0 Å². The zero-order valence-electron chi connectivity index (χ0n) is 13.9. The van der Waals surface area contributed by atoms with Crippen molar-refractivity contribution in [3.63, 3.8) is 0 Å².